The average Bonchev–Trinajstić information content (AvgIpc) is 2.31. The van der Waals surface area contributed by atoms with E-state index in [1.54, 1.807) is 11.8 Å². The van der Waals surface area contributed by atoms with Crippen molar-refractivity contribution in [3.05, 3.63) is 0 Å². The molecule has 1 atom stereocenters. The number of hydrogen-bond donors (Lipinski definition) is 0. The van der Waals surface area contributed by atoms with Crippen molar-refractivity contribution in [3.8, 4) is 0 Å². The van der Waals surface area contributed by atoms with Crippen LogP contribution in [0.5, 0.6) is 0 Å². The second kappa shape index (κ2) is 6.37. The monoisotopic (exact) mass is 241 g/mol. The molecule has 96 valence electrons. The minimum absolute atomic E-state index is 0.00199. The summed E-state index contributed by atoms with van der Waals surface area (Å²) in [4.78, 5) is 35.4. The fourth-order valence-corrected chi connectivity index (χ4v) is 2.17. The van der Waals surface area contributed by atoms with Crippen LogP contribution in [-0.2, 0) is 19.1 Å². The topological polar surface area (TPSA) is 63.7 Å². The molecule has 5 heteroatoms. The largest absolute Gasteiger partial charge is 0.465 e. The maximum absolute atomic E-state index is 11.6. The van der Waals surface area contributed by atoms with Gasteiger partial charge in [-0.15, -0.1) is 0 Å². The Hall–Kier alpha value is -1.39. The Balaban J connectivity index is 2.53. The van der Waals surface area contributed by atoms with Crippen molar-refractivity contribution >= 4 is 18.2 Å². The van der Waals surface area contributed by atoms with Gasteiger partial charge in [0, 0.05) is 20.0 Å². The summed E-state index contributed by atoms with van der Waals surface area (Å²) in [5, 5.41) is 0. The van der Waals surface area contributed by atoms with Gasteiger partial charge in [-0.25, -0.2) is 0 Å². The number of likely N-dealkylation sites (tertiary alicyclic amines) is 1. The Labute approximate surface area is 101 Å². The fraction of sp³-hybridized carbons (Fsp3) is 0.750. The van der Waals surface area contributed by atoms with E-state index in [0.717, 1.165) is 0 Å². The molecule has 0 aromatic rings. The van der Waals surface area contributed by atoms with Crippen molar-refractivity contribution in [1.29, 1.82) is 0 Å². The molecular weight excluding hydrogens is 222 g/mol. The lowest BCUT2D eigenvalue weighted by Gasteiger charge is -2.32. The van der Waals surface area contributed by atoms with Crippen molar-refractivity contribution in [1.82, 2.24) is 4.90 Å². The highest BCUT2D eigenvalue weighted by atomic mass is 16.5. The Morgan fingerprint density at radius 3 is 2.41 bits per heavy atom. The number of carbonyl (C=O) groups excluding carboxylic acids is 3. The van der Waals surface area contributed by atoms with Gasteiger partial charge >= 0.3 is 5.97 Å². The number of carbonyl (C=O) groups is 3. The Morgan fingerprint density at radius 2 is 2.00 bits per heavy atom. The van der Waals surface area contributed by atoms with Crippen molar-refractivity contribution < 1.29 is 19.1 Å². The van der Waals surface area contributed by atoms with Crippen LogP contribution in [0.25, 0.3) is 0 Å². The molecule has 0 aromatic heterocycles. The second-order valence-corrected chi connectivity index (χ2v) is 4.26. The SMILES string of the molecule is CCOC(=O)C(C=O)C1CCN(C(C)=O)CC1. The van der Waals surface area contributed by atoms with Crippen LogP contribution >= 0.6 is 0 Å². The lowest BCUT2D eigenvalue weighted by atomic mass is 9.85. The number of ether oxygens (including phenoxy) is 1. The first-order valence-electron chi connectivity index (χ1n) is 5.97. The van der Waals surface area contributed by atoms with Crippen molar-refractivity contribution in [2.75, 3.05) is 19.7 Å². The molecule has 1 aliphatic rings. The van der Waals surface area contributed by atoms with Crippen LogP contribution in [0.3, 0.4) is 0 Å². The summed E-state index contributed by atoms with van der Waals surface area (Å²) in [5.41, 5.74) is 0. The third-order valence-corrected chi connectivity index (χ3v) is 3.20. The van der Waals surface area contributed by atoms with E-state index in [9.17, 15) is 14.4 Å². The first-order chi connectivity index (χ1) is 8.10. The molecular formula is C12H19NO4. The number of nitrogens with zero attached hydrogens (tertiary/aromatic N) is 1. The minimum Gasteiger partial charge on any atom is -0.465 e. The number of amides is 1. The highest BCUT2D eigenvalue weighted by Crippen LogP contribution is 2.25. The fourth-order valence-electron chi connectivity index (χ4n) is 2.17. The molecule has 0 radical (unpaired) electrons. The Kier molecular flexibility index (Phi) is 5.12. The van der Waals surface area contributed by atoms with Gasteiger partial charge in [0.1, 0.15) is 12.2 Å². The third kappa shape index (κ3) is 3.54. The molecule has 1 fully saturated rings. The van der Waals surface area contributed by atoms with E-state index < -0.39 is 11.9 Å². The van der Waals surface area contributed by atoms with E-state index in [2.05, 4.69) is 0 Å². The highest BCUT2D eigenvalue weighted by molar-refractivity contribution is 5.88. The predicted octanol–water partition coefficient (Wildman–Crippen LogP) is 0.623. The van der Waals surface area contributed by atoms with E-state index in [-0.39, 0.29) is 18.4 Å². The molecule has 17 heavy (non-hydrogen) atoms. The van der Waals surface area contributed by atoms with Crippen molar-refractivity contribution in [2.45, 2.75) is 26.7 Å². The van der Waals surface area contributed by atoms with Gasteiger partial charge in [-0.05, 0) is 25.7 Å². The number of aldehydes is 1. The predicted molar refractivity (Wildman–Crippen MR) is 61.2 cm³/mol. The highest BCUT2D eigenvalue weighted by Gasteiger charge is 2.32. The quantitative estimate of drug-likeness (QED) is 0.411. The zero-order valence-corrected chi connectivity index (χ0v) is 10.3. The third-order valence-electron chi connectivity index (χ3n) is 3.20. The van der Waals surface area contributed by atoms with Gasteiger partial charge in [0.05, 0.1) is 6.61 Å². The summed E-state index contributed by atoms with van der Waals surface area (Å²) in [5.74, 6) is -1.07. The summed E-state index contributed by atoms with van der Waals surface area (Å²) in [6.45, 7) is 4.77. The maximum Gasteiger partial charge on any atom is 0.316 e. The summed E-state index contributed by atoms with van der Waals surface area (Å²) >= 11 is 0. The van der Waals surface area contributed by atoms with Gasteiger partial charge in [0.2, 0.25) is 5.91 Å². The molecule has 0 bridgehead atoms. The zero-order valence-electron chi connectivity index (χ0n) is 10.3. The van der Waals surface area contributed by atoms with Gasteiger partial charge in [-0.2, -0.15) is 0 Å². The molecule has 0 N–H and O–H groups in total. The van der Waals surface area contributed by atoms with Crippen LogP contribution in [0.15, 0.2) is 0 Å². The zero-order chi connectivity index (χ0) is 12.8. The molecule has 1 saturated heterocycles. The maximum atomic E-state index is 11.6. The van der Waals surface area contributed by atoms with E-state index >= 15 is 0 Å². The second-order valence-electron chi connectivity index (χ2n) is 4.26. The molecule has 0 spiro atoms. The van der Waals surface area contributed by atoms with Crippen LogP contribution < -0.4 is 0 Å². The summed E-state index contributed by atoms with van der Waals surface area (Å²) in [6.07, 6.45) is 2.04. The molecule has 1 amide bonds. The first kappa shape index (κ1) is 13.7. The molecule has 0 saturated carbocycles. The minimum atomic E-state index is -0.677. The first-order valence-corrected chi connectivity index (χ1v) is 5.97. The van der Waals surface area contributed by atoms with Crippen LogP contribution in [0.2, 0.25) is 0 Å². The summed E-state index contributed by atoms with van der Waals surface area (Å²) < 4.78 is 4.87. The van der Waals surface area contributed by atoms with Crippen LogP contribution in [0.4, 0.5) is 0 Å². The Morgan fingerprint density at radius 1 is 1.41 bits per heavy atom. The number of hydrogen-bond acceptors (Lipinski definition) is 4. The van der Waals surface area contributed by atoms with Gasteiger partial charge < -0.3 is 14.4 Å². The summed E-state index contributed by atoms with van der Waals surface area (Å²) in [7, 11) is 0. The van der Waals surface area contributed by atoms with Crippen molar-refractivity contribution in [2.24, 2.45) is 11.8 Å². The smallest absolute Gasteiger partial charge is 0.316 e. The molecule has 1 aliphatic heterocycles. The van der Waals surface area contributed by atoms with Crippen LogP contribution in [0, 0.1) is 11.8 Å². The van der Waals surface area contributed by atoms with E-state index in [1.807, 2.05) is 0 Å². The number of esters is 1. The van der Waals surface area contributed by atoms with Gasteiger partial charge in [-0.1, -0.05) is 0 Å². The van der Waals surface area contributed by atoms with Gasteiger partial charge in [-0.3, -0.25) is 9.59 Å². The standard InChI is InChI=1S/C12H19NO4/c1-3-17-12(16)11(8-14)10-4-6-13(7-5-10)9(2)15/h8,10-11H,3-7H2,1-2H3. The van der Waals surface area contributed by atoms with Crippen LogP contribution in [-0.4, -0.2) is 42.8 Å². The van der Waals surface area contributed by atoms with Gasteiger partial charge in [0.15, 0.2) is 0 Å². The molecule has 0 aliphatic carbocycles. The molecule has 5 nitrogen and oxygen atoms in total. The number of piperidine rings is 1. The lowest BCUT2D eigenvalue weighted by Crippen LogP contribution is -2.41. The van der Waals surface area contributed by atoms with E-state index in [1.165, 1.54) is 6.92 Å². The Bertz CT molecular complexity index is 295. The lowest BCUT2D eigenvalue weighted by molar-refractivity contribution is -0.152. The molecule has 0 aromatic carbocycles. The van der Waals surface area contributed by atoms with E-state index in [0.29, 0.717) is 32.2 Å². The average molecular weight is 241 g/mol. The van der Waals surface area contributed by atoms with Crippen LogP contribution in [0.1, 0.15) is 26.7 Å². The van der Waals surface area contributed by atoms with Crippen molar-refractivity contribution in [3.63, 3.8) is 0 Å². The van der Waals surface area contributed by atoms with Gasteiger partial charge in [0.25, 0.3) is 0 Å². The molecule has 1 unspecified atom stereocenters. The molecule has 1 rings (SSSR count). The number of rotatable bonds is 4. The van der Waals surface area contributed by atoms with E-state index in [4.69, 9.17) is 4.74 Å². The molecule has 1 heterocycles. The summed E-state index contributed by atoms with van der Waals surface area (Å²) in [6, 6.07) is 0. The normalized spacial score (nSPS) is 18.6.